The minimum atomic E-state index is -4.10. The monoisotopic (exact) mass is 830 g/mol. The summed E-state index contributed by atoms with van der Waals surface area (Å²) in [5, 5.41) is 51.7. The van der Waals surface area contributed by atoms with E-state index in [9.17, 15) is 39.6 Å². The lowest BCUT2D eigenvalue weighted by atomic mass is 9.42. The first-order valence-corrected chi connectivity index (χ1v) is 19.0. The molecule has 3 aliphatic carbocycles. The number of aliphatic hydroxyl groups is 4. The van der Waals surface area contributed by atoms with Crippen LogP contribution in [0.15, 0.2) is 71.8 Å². The van der Waals surface area contributed by atoms with Crippen molar-refractivity contribution in [2.45, 2.75) is 134 Å². The molecular weight excluding hydrogens is 766 g/mol. The van der Waals surface area contributed by atoms with Crippen LogP contribution >= 0.6 is 0 Å². The predicted molar refractivity (Wildman–Crippen MR) is 208 cm³/mol. The SMILES string of the molecule is [2H]C([2H])([2H])C(OC(=O)N[C@@H](c1ccccc1)[C@@H](O)C(=O)O[C@H]1C[C@@]2(O)[C@@H](OC(=O)c3ccccc3)[C@H]3[C@](C)(C(=O)[C@H](O)C(=C1C)C2(C)C)[C@@H](O)C[C@@]1(C)OC[C@@]31OC(C)=O)(C([2H])([2H])[2H])C([2H])([2H])[2H]. The fourth-order valence-corrected chi connectivity index (χ4v) is 9.74. The normalized spacial score (nSPS) is 37.5. The summed E-state index contributed by atoms with van der Waals surface area (Å²) < 4.78 is 99.7. The van der Waals surface area contributed by atoms with Gasteiger partial charge in [-0.05, 0) is 70.2 Å². The first-order chi connectivity index (χ1) is 31.1. The number of Topliss-reactive ketones (excluding diaryl/α,β-unsaturated/α-hetero) is 1. The number of aliphatic hydroxyl groups excluding tert-OH is 3. The Morgan fingerprint density at radius 1 is 0.949 bits per heavy atom. The van der Waals surface area contributed by atoms with Crippen LogP contribution in [0.1, 0.15) is 109 Å². The van der Waals surface area contributed by atoms with Crippen LogP contribution in [0, 0.1) is 16.7 Å². The molecule has 4 aliphatic rings. The van der Waals surface area contributed by atoms with Gasteiger partial charge in [-0.15, -0.1) is 0 Å². The second-order valence-corrected chi connectivity index (χ2v) is 16.8. The van der Waals surface area contributed by atoms with E-state index in [0.717, 1.165) is 6.92 Å². The highest BCUT2D eigenvalue weighted by molar-refractivity contribution is 5.94. The maximum absolute atomic E-state index is 15.1. The van der Waals surface area contributed by atoms with E-state index in [1.807, 2.05) is 5.32 Å². The van der Waals surface area contributed by atoms with Gasteiger partial charge in [-0.25, -0.2) is 14.4 Å². The molecular formula is C44H55NO14. The zero-order chi connectivity index (χ0) is 51.2. The van der Waals surface area contributed by atoms with E-state index in [4.69, 9.17) is 36.0 Å². The molecule has 3 fully saturated rings. The Labute approximate surface area is 355 Å². The fourth-order valence-electron chi connectivity index (χ4n) is 9.74. The van der Waals surface area contributed by atoms with Crippen LogP contribution in [0.25, 0.3) is 0 Å². The lowest BCUT2D eigenvalue weighted by Crippen LogP contribution is -2.85. The van der Waals surface area contributed by atoms with Crippen LogP contribution in [0.4, 0.5) is 4.79 Å². The van der Waals surface area contributed by atoms with Crippen molar-refractivity contribution in [2.75, 3.05) is 6.61 Å². The molecule has 0 radical (unpaired) electrons. The zero-order valence-corrected chi connectivity index (χ0v) is 33.3. The molecule has 1 saturated heterocycles. The van der Waals surface area contributed by atoms with Crippen LogP contribution in [0.2, 0.25) is 0 Å². The van der Waals surface area contributed by atoms with E-state index >= 15 is 4.79 Å². The van der Waals surface area contributed by atoms with Crippen LogP contribution < -0.4 is 5.32 Å². The number of alkyl carbamates (subject to hydrolysis) is 1. The van der Waals surface area contributed by atoms with Gasteiger partial charge in [0.2, 0.25) is 0 Å². The van der Waals surface area contributed by atoms with Gasteiger partial charge < -0.3 is 49.4 Å². The van der Waals surface area contributed by atoms with Gasteiger partial charge in [-0.1, -0.05) is 62.4 Å². The van der Waals surface area contributed by atoms with E-state index in [1.54, 1.807) is 6.07 Å². The highest BCUT2D eigenvalue weighted by Crippen LogP contribution is 2.66. The van der Waals surface area contributed by atoms with Gasteiger partial charge in [0, 0.05) is 37.5 Å². The summed E-state index contributed by atoms with van der Waals surface area (Å²) >= 11 is 0. The maximum Gasteiger partial charge on any atom is 0.408 e. The molecule has 320 valence electrons. The number of rotatable bonds is 8. The molecule has 1 amide bonds. The lowest BCUT2D eigenvalue weighted by Gasteiger charge is -2.70. The van der Waals surface area contributed by atoms with Crippen molar-refractivity contribution in [1.82, 2.24) is 5.32 Å². The van der Waals surface area contributed by atoms with Crippen molar-refractivity contribution in [3.05, 3.63) is 82.9 Å². The van der Waals surface area contributed by atoms with Crippen molar-refractivity contribution in [2.24, 2.45) is 16.7 Å². The first kappa shape index (κ1) is 33.1. The number of benzene rings is 2. The van der Waals surface area contributed by atoms with Crippen molar-refractivity contribution < 1.29 is 80.4 Å². The number of esters is 3. The Kier molecular flexibility index (Phi) is 8.47. The Morgan fingerprint density at radius 3 is 2.12 bits per heavy atom. The van der Waals surface area contributed by atoms with E-state index in [1.165, 1.54) is 89.2 Å². The number of ketones is 1. The molecule has 0 spiro atoms. The Bertz CT molecular complexity index is 2320. The molecule has 11 atom stereocenters. The molecule has 15 nitrogen and oxygen atoms in total. The summed E-state index contributed by atoms with van der Waals surface area (Å²) in [7, 11) is 0. The third-order valence-corrected chi connectivity index (χ3v) is 13.0. The lowest BCUT2D eigenvalue weighted by molar-refractivity contribution is -0.383. The minimum absolute atomic E-state index is 0.0183. The Morgan fingerprint density at radius 2 is 1.56 bits per heavy atom. The van der Waals surface area contributed by atoms with Crippen LogP contribution in [0.3, 0.4) is 0 Å². The number of amides is 1. The van der Waals surface area contributed by atoms with Gasteiger partial charge >= 0.3 is 24.0 Å². The summed E-state index contributed by atoms with van der Waals surface area (Å²) in [5.41, 5.74) is -14.5. The smallest absolute Gasteiger partial charge is 0.408 e. The van der Waals surface area contributed by atoms with Gasteiger partial charge in [-0.2, -0.15) is 0 Å². The molecule has 5 N–H and O–H groups in total. The molecule has 15 heteroatoms. The standard InChI is InChI=1S/C44H55NO14/c1-23-27(56-37(52)32(49)30(25-16-12-10-13-17-25)45-38(53)59-39(3,4)5)20-43(54)35(57-36(51)26-18-14-11-15-19-26)33-42(9,34(50)31(48)29(23)40(43,6)7)28(47)21-41(8)44(33,22-55-41)58-24(2)46/h10-19,27-28,30-33,35,47-49,54H,20-22H2,1-9H3,(H,45,53)/t27-,28-,30-,31+,32+,33-,35-,41+,42+,43+,44+/m0/s1/i3D3,4D3,5D3. The first-order valence-electron chi connectivity index (χ1n) is 23.5. The van der Waals surface area contributed by atoms with Crippen LogP contribution in [-0.4, -0.2) is 110 Å². The second-order valence-electron chi connectivity index (χ2n) is 16.8. The second kappa shape index (κ2) is 15.1. The number of carbonyl (C=O) groups is 5. The summed E-state index contributed by atoms with van der Waals surface area (Å²) in [5.74, 6) is -6.20. The quantitative estimate of drug-likeness (QED) is 0.146. The van der Waals surface area contributed by atoms with Gasteiger partial charge in [0.05, 0.1) is 35.6 Å². The number of carbonyl (C=O) groups excluding carboxylic acids is 5. The van der Waals surface area contributed by atoms with Gasteiger partial charge in [0.1, 0.15) is 35.1 Å². The summed E-state index contributed by atoms with van der Waals surface area (Å²) in [6.45, 7) is -4.21. The van der Waals surface area contributed by atoms with Crippen LogP contribution in [0.5, 0.6) is 0 Å². The Balaban J connectivity index is 1.47. The molecule has 2 aromatic rings. The van der Waals surface area contributed by atoms with Gasteiger partial charge in [-0.3, -0.25) is 9.59 Å². The average Bonchev–Trinajstić information content (AvgIpc) is 3.23. The van der Waals surface area contributed by atoms with E-state index < -0.39 is 139 Å². The van der Waals surface area contributed by atoms with Gasteiger partial charge in [0.15, 0.2) is 17.5 Å². The molecule has 6 rings (SSSR count). The molecule has 2 saturated carbocycles. The van der Waals surface area contributed by atoms with Crippen molar-refractivity contribution in [3.8, 4) is 0 Å². The molecule has 2 aromatic carbocycles. The Hall–Kier alpha value is -4.67. The molecule has 2 bridgehead atoms. The average molecular weight is 831 g/mol. The molecule has 1 aliphatic heterocycles. The van der Waals surface area contributed by atoms with Crippen molar-refractivity contribution >= 4 is 29.8 Å². The molecule has 1 heterocycles. The summed E-state index contributed by atoms with van der Waals surface area (Å²) in [6.07, 6.45) is -13.1. The van der Waals surface area contributed by atoms with Crippen LogP contribution in [-0.2, 0) is 38.1 Å². The number of hydrogen-bond acceptors (Lipinski definition) is 14. The third kappa shape index (κ3) is 7.14. The number of nitrogens with one attached hydrogen (secondary N) is 1. The van der Waals surface area contributed by atoms with E-state index in [-0.39, 0.29) is 28.7 Å². The molecule has 0 aromatic heterocycles. The predicted octanol–water partition coefficient (Wildman–Crippen LogP) is 3.65. The highest BCUT2D eigenvalue weighted by Gasteiger charge is 2.81. The number of fused-ring (bicyclic) bond motifs is 5. The maximum atomic E-state index is 15.1. The highest BCUT2D eigenvalue weighted by atomic mass is 16.6. The van der Waals surface area contributed by atoms with E-state index in [0.29, 0.717) is 0 Å². The largest absolute Gasteiger partial charge is 0.456 e. The number of ether oxygens (including phenoxy) is 5. The summed E-state index contributed by atoms with van der Waals surface area (Å²) in [6, 6.07) is 12.4. The fraction of sp³-hybridized carbons (Fsp3) is 0.568. The van der Waals surface area contributed by atoms with Gasteiger partial charge in [0.25, 0.3) is 0 Å². The minimum Gasteiger partial charge on any atom is -0.456 e. The third-order valence-electron chi connectivity index (χ3n) is 13.0. The topological polar surface area (TPSA) is 224 Å². The van der Waals surface area contributed by atoms with Crippen molar-refractivity contribution in [3.63, 3.8) is 0 Å². The summed E-state index contributed by atoms with van der Waals surface area (Å²) in [4.78, 5) is 70.3. The molecule has 0 unspecified atom stereocenters. The van der Waals surface area contributed by atoms with E-state index in [2.05, 4.69) is 0 Å². The number of hydrogen-bond donors (Lipinski definition) is 5. The van der Waals surface area contributed by atoms with Crippen molar-refractivity contribution in [1.29, 1.82) is 0 Å². The zero-order valence-electron chi connectivity index (χ0n) is 42.3. The molecule has 59 heavy (non-hydrogen) atoms.